The summed E-state index contributed by atoms with van der Waals surface area (Å²) in [6.45, 7) is 6.69. The molecule has 2 N–H and O–H groups in total. The van der Waals surface area contributed by atoms with Crippen LogP contribution in [0.1, 0.15) is 26.2 Å². The first-order chi connectivity index (χ1) is 7.72. The van der Waals surface area contributed by atoms with Gasteiger partial charge in [-0.05, 0) is 39.3 Å². The molecule has 1 rings (SSSR count). The molecule has 4 heteroatoms. The summed E-state index contributed by atoms with van der Waals surface area (Å²) >= 11 is 0. The molecule has 0 aromatic rings. The second kappa shape index (κ2) is 8.01. The maximum absolute atomic E-state index is 9.85. The number of nitrogens with zero attached hydrogens (tertiary/aromatic N) is 1. The minimum absolute atomic E-state index is 0.247. The molecule has 0 amide bonds. The van der Waals surface area contributed by atoms with Crippen LogP contribution in [0.3, 0.4) is 0 Å². The van der Waals surface area contributed by atoms with Crippen molar-refractivity contribution in [2.75, 3.05) is 39.9 Å². The van der Waals surface area contributed by atoms with Crippen LogP contribution in [0.2, 0.25) is 0 Å². The van der Waals surface area contributed by atoms with Gasteiger partial charge in [0.1, 0.15) is 0 Å². The smallest absolute Gasteiger partial charge is 0.0791 e. The molecule has 0 aromatic heterocycles. The van der Waals surface area contributed by atoms with Gasteiger partial charge in [-0.2, -0.15) is 0 Å². The molecule has 4 nitrogen and oxygen atoms in total. The number of hydrogen-bond acceptors (Lipinski definition) is 4. The second-order valence-corrected chi connectivity index (χ2v) is 4.75. The van der Waals surface area contributed by atoms with Crippen molar-refractivity contribution < 1.29 is 9.84 Å². The van der Waals surface area contributed by atoms with Gasteiger partial charge < -0.3 is 20.1 Å². The number of ether oxygens (including phenoxy) is 1. The van der Waals surface area contributed by atoms with Crippen molar-refractivity contribution in [2.45, 2.75) is 38.3 Å². The minimum Gasteiger partial charge on any atom is -0.390 e. The van der Waals surface area contributed by atoms with Gasteiger partial charge in [0.25, 0.3) is 0 Å². The quantitative estimate of drug-likeness (QED) is 0.636. The number of aliphatic hydroxyl groups excluding tert-OH is 1. The maximum atomic E-state index is 9.85. The number of rotatable bonds is 8. The number of nitrogens with one attached hydrogen (secondary N) is 1. The molecule has 0 spiro atoms. The van der Waals surface area contributed by atoms with Gasteiger partial charge in [0.2, 0.25) is 0 Å². The highest BCUT2D eigenvalue weighted by Gasteiger charge is 2.15. The van der Waals surface area contributed by atoms with Gasteiger partial charge >= 0.3 is 0 Å². The second-order valence-electron chi connectivity index (χ2n) is 4.75. The summed E-state index contributed by atoms with van der Waals surface area (Å²) in [5.41, 5.74) is 0. The predicted molar refractivity (Wildman–Crippen MR) is 65.6 cm³/mol. The SMILES string of the molecule is COCCC(C)NCC(O)CN1CCCC1. The summed E-state index contributed by atoms with van der Waals surface area (Å²) in [7, 11) is 1.72. The normalized spacial score (nSPS) is 21.2. The fourth-order valence-electron chi connectivity index (χ4n) is 2.06. The van der Waals surface area contributed by atoms with Crippen molar-refractivity contribution in [3.8, 4) is 0 Å². The average molecular weight is 230 g/mol. The fourth-order valence-corrected chi connectivity index (χ4v) is 2.06. The van der Waals surface area contributed by atoms with E-state index in [0.29, 0.717) is 12.6 Å². The first kappa shape index (κ1) is 13.9. The topological polar surface area (TPSA) is 44.7 Å². The molecule has 1 fully saturated rings. The third kappa shape index (κ3) is 5.80. The fraction of sp³-hybridized carbons (Fsp3) is 1.00. The molecular weight excluding hydrogens is 204 g/mol. The van der Waals surface area contributed by atoms with Crippen LogP contribution in [0.4, 0.5) is 0 Å². The van der Waals surface area contributed by atoms with Crippen LogP contribution in [-0.4, -0.2) is 62.0 Å². The van der Waals surface area contributed by atoms with Crippen molar-refractivity contribution in [2.24, 2.45) is 0 Å². The number of β-amino-alcohol motifs (C(OH)–C–C–N with tert-alkyl or cyclic N) is 1. The Kier molecular flexibility index (Phi) is 6.96. The van der Waals surface area contributed by atoms with E-state index in [9.17, 15) is 5.11 Å². The van der Waals surface area contributed by atoms with Crippen molar-refractivity contribution in [1.29, 1.82) is 0 Å². The van der Waals surface area contributed by atoms with Gasteiger partial charge in [0.15, 0.2) is 0 Å². The molecule has 0 aliphatic carbocycles. The lowest BCUT2D eigenvalue weighted by molar-refractivity contribution is 0.118. The van der Waals surface area contributed by atoms with Crippen molar-refractivity contribution in [3.05, 3.63) is 0 Å². The Bertz CT molecular complexity index is 172. The number of likely N-dealkylation sites (tertiary alicyclic amines) is 1. The number of aliphatic hydroxyl groups is 1. The highest BCUT2D eigenvalue weighted by molar-refractivity contribution is 4.72. The summed E-state index contributed by atoms with van der Waals surface area (Å²) in [6, 6.07) is 0.410. The Hall–Kier alpha value is -0.160. The summed E-state index contributed by atoms with van der Waals surface area (Å²) in [4.78, 5) is 2.34. The average Bonchev–Trinajstić information content (AvgIpc) is 2.76. The molecule has 16 heavy (non-hydrogen) atoms. The number of methoxy groups -OCH3 is 1. The van der Waals surface area contributed by atoms with E-state index in [1.165, 1.54) is 12.8 Å². The largest absolute Gasteiger partial charge is 0.390 e. The molecule has 0 saturated carbocycles. The van der Waals surface area contributed by atoms with Crippen LogP contribution in [0.5, 0.6) is 0 Å². The summed E-state index contributed by atoms with van der Waals surface area (Å²) in [5.74, 6) is 0. The summed E-state index contributed by atoms with van der Waals surface area (Å²) in [6.07, 6.45) is 3.31. The first-order valence-electron chi connectivity index (χ1n) is 6.35. The van der Waals surface area contributed by atoms with E-state index >= 15 is 0 Å². The molecule has 0 radical (unpaired) electrons. The predicted octanol–water partition coefficient (Wildman–Crippen LogP) is 0.458. The minimum atomic E-state index is -0.247. The van der Waals surface area contributed by atoms with Crippen molar-refractivity contribution >= 4 is 0 Å². The summed E-state index contributed by atoms with van der Waals surface area (Å²) in [5, 5.41) is 13.2. The van der Waals surface area contributed by atoms with Crippen LogP contribution in [-0.2, 0) is 4.74 Å². The molecule has 1 aliphatic heterocycles. The van der Waals surface area contributed by atoms with Crippen LogP contribution in [0.15, 0.2) is 0 Å². The Morgan fingerprint density at radius 3 is 2.69 bits per heavy atom. The maximum Gasteiger partial charge on any atom is 0.0791 e. The monoisotopic (exact) mass is 230 g/mol. The van der Waals surface area contributed by atoms with Gasteiger partial charge in [-0.3, -0.25) is 0 Å². The van der Waals surface area contributed by atoms with Crippen molar-refractivity contribution in [1.82, 2.24) is 10.2 Å². The molecule has 1 aliphatic rings. The lowest BCUT2D eigenvalue weighted by Crippen LogP contribution is -2.40. The Balaban J connectivity index is 2.02. The van der Waals surface area contributed by atoms with Gasteiger partial charge in [0, 0.05) is 32.8 Å². The van der Waals surface area contributed by atoms with E-state index < -0.39 is 0 Å². The van der Waals surface area contributed by atoms with Crippen LogP contribution >= 0.6 is 0 Å². The summed E-state index contributed by atoms with van der Waals surface area (Å²) < 4.78 is 5.02. The van der Waals surface area contributed by atoms with Crippen LogP contribution in [0.25, 0.3) is 0 Å². The molecule has 2 unspecified atom stereocenters. The highest BCUT2D eigenvalue weighted by atomic mass is 16.5. The third-order valence-corrected chi connectivity index (χ3v) is 3.12. The molecule has 1 saturated heterocycles. The molecule has 96 valence electrons. The standard InChI is InChI=1S/C12H26N2O2/c1-11(5-8-16-2)13-9-12(15)10-14-6-3-4-7-14/h11-13,15H,3-10H2,1-2H3. The zero-order valence-electron chi connectivity index (χ0n) is 10.6. The van der Waals surface area contributed by atoms with Gasteiger partial charge in [-0.25, -0.2) is 0 Å². The molecule has 0 bridgehead atoms. The Labute approximate surface area is 99.0 Å². The lowest BCUT2D eigenvalue weighted by Gasteiger charge is -2.21. The molecular formula is C12H26N2O2. The third-order valence-electron chi connectivity index (χ3n) is 3.12. The lowest BCUT2D eigenvalue weighted by atomic mass is 10.2. The highest BCUT2D eigenvalue weighted by Crippen LogP contribution is 2.07. The Morgan fingerprint density at radius 1 is 1.38 bits per heavy atom. The molecule has 0 aromatic carbocycles. The molecule has 1 heterocycles. The van der Waals surface area contributed by atoms with E-state index in [2.05, 4.69) is 17.1 Å². The zero-order chi connectivity index (χ0) is 11.8. The molecule has 2 atom stereocenters. The van der Waals surface area contributed by atoms with E-state index in [1.807, 2.05) is 0 Å². The van der Waals surface area contributed by atoms with Crippen LogP contribution < -0.4 is 5.32 Å². The van der Waals surface area contributed by atoms with E-state index in [0.717, 1.165) is 32.7 Å². The van der Waals surface area contributed by atoms with E-state index in [4.69, 9.17) is 4.74 Å². The van der Waals surface area contributed by atoms with Crippen LogP contribution in [0, 0.1) is 0 Å². The zero-order valence-corrected chi connectivity index (χ0v) is 10.6. The first-order valence-corrected chi connectivity index (χ1v) is 6.35. The Morgan fingerprint density at radius 2 is 2.06 bits per heavy atom. The van der Waals surface area contributed by atoms with Gasteiger partial charge in [-0.1, -0.05) is 0 Å². The number of hydrogen-bond donors (Lipinski definition) is 2. The van der Waals surface area contributed by atoms with E-state index in [-0.39, 0.29) is 6.10 Å². The van der Waals surface area contributed by atoms with Crippen molar-refractivity contribution in [3.63, 3.8) is 0 Å². The van der Waals surface area contributed by atoms with Gasteiger partial charge in [0.05, 0.1) is 6.10 Å². The van der Waals surface area contributed by atoms with Gasteiger partial charge in [-0.15, -0.1) is 0 Å². The van der Waals surface area contributed by atoms with E-state index in [1.54, 1.807) is 7.11 Å².